The zero-order valence-electron chi connectivity index (χ0n) is 28.8. The molecule has 0 radical (unpaired) electrons. The zero-order valence-corrected chi connectivity index (χ0v) is 32.1. The molecule has 0 atom stereocenters. The van der Waals surface area contributed by atoms with E-state index in [0.717, 1.165) is 24.3 Å². The number of amides is 2. The van der Waals surface area contributed by atoms with E-state index in [0.29, 0.717) is 10.8 Å². The predicted molar refractivity (Wildman–Crippen MR) is 206 cm³/mol. The van der Waals surface area contributed by atoms with Gasteiger partial charge in [0, 0.05) is 22.1 Å². The van der Waals surface area contributed by atoms with Crippen LogP contribution in [-0.4, -0.2) is 59.0 Å². The molecule has 6 aromatic carbocycles. The molecule has 2 amide bonds. The Morgan fingerprint density at radius 3 is 1.20 bits per heavy atom. The first-order valence-corrected chi connectivity index (χ1v) is 21.7. The molecule has 21 heteroatoms. The van der Waals surface area contributed by atoms with Gasteiger partial charge < -0.3 is 20.8 Å². The van der Waals surface area contributed by atoms with Crippen LogP contribution in [0.25, 0.3) is 21.5 Å². The number of hydrogen-bond donors (Lipinski definition) is 8. The van der Waals surface area contributed by atoms with Gasteiger partial charge >= 0.3 is 6.03 Å². The highest BCUT2D eigenvalue weighted by Gasteiger charge is 2.27. The highest BCUT2D eigenvalue weighted by molar-refractivity contribution is 7.91. The maximum atomic E-state index is 13.2. The minimum atomic E-state index is -4.80. The summed E-state index contributed by atoms with van der Waals surface area (Å²) in [4.78, 5) is 10.8. The summed E-state index contributed by atoms with van der Waals surface area (Å²) in [6.07, 6.45) is 0. The molecule has 0 unspecified atom stereocenters. The number of aromatic hydroxyl groups is 2. The first-order valence-electron chi connectivity index (χ1n) is 15.9. The monoisotopic (exact) mass is 842 g/mol. The molecule has 292 valence electrons. The van der Waals surface area contributed by atoms with Gasteiger partial charge in [0.15, 0.2) is 0 Å². The summed E-state index contributed by atoms with van der Waals surface area (Å²) in [5.74, 6) is -0.619. The molecular formula is C35H30N4O13S4. The Hall–Kier alpha value is -5.97. The molecule has 0 aliphatic heterocycles. The Kier molecular flexibility index (Phi) is 10.1. The van der Waals surface area contributed by atoms with Crippen LogP contribution >= 0.6 is 0 Å². The van der Waals surface area contributed by atoms with Gasteiger partial charge in [-0.1, -0.05) is 36.4 Å². The minimum absolute atomic E-state index is 0.0200. The Bertz CT molecular complexity index is 2880. The number of fused-ring (bicyclic) bond motifs is 2. The molecule has 6 aromatic rings. The zero-order chi connectivity index (χ0) is 41.0. The molecule has 17 nitrogen and oxygen atoms in total. The fourth-order valence-corrected chi connectivity index (χ4v) is 9.72. The normalized spacial score (nSPS) is 12.4. The van der Waals surface area contributed by atoms with Crippen molar-refractivity contribution in [1.29, 1.82) is 0 Å². The van der Waals surface area contributed by atoms with Crippen LogP contribution in [0.2, 0.25) is 0 Å². The van der Waals surface area contributed by atoms with Gasteiger partial charge in [0.1, 0.15) is 21.3 Å². The molecule has 6 rings (SSSR count). The van der Waals surface area contributed by atoms with Crippen LogP contribution in [0.4, 0.5) is 27.5 Å². The second kappa shape index (κ2) is 14.3. The number of benzene rings is 6. The molecule has 0 aromatic heterocycles. The van der Waals surface area contributed by atoms with Crippen LogP contribution < -0.4 is 20.1 Å². The van der Waals surface area contributed by atoms with Gasteiger partial charge in [-0.25, -0.2) is 31.1 Å². The second-order valence-electron chi connectivity index (χ2n) is 12.3. The summed E-state index contributed by atoms with van der Waals surface area (Å²) in [6.45, 7) is 2.69. The highest BCUT2D eigenvalue weighted by atomic mass is 32.2. The second-order valence-corrected chi connectivity index (χ2v) is 18.4. The van der Waals surface area contributed by atoms with Crippen molar-refractivity contribution in [3.8, 4) is 11.5 Å². The lowest BCUT2D eigenvalue weighted by Crippen LogP contribution is -2.42. The van der Waals surface area contributed by atoms with Crippen molar-refractivity contribution in [2.24, 2.45) is 0 Å². The van der Waals surface area contributed by atoms with Crippen LogP contribution in [0.15, 0.2) is 117 Å². The maximum absolute atomic E-state index is 13.2. The average Bonchev–Trinajstić information content (AvgIpc) is 3.06. The molecule has 0 fully saturated rings. The van der Waals surface area contributed by atoms with Crippen LogP contribution in [0.1, 0.15) is 11.1 Å². The largest absolute Gasteiger partial charge is 0.507 e. The van der Waals surface area contributed by atoms with E-state index in [1.165, 1.54) is 74.5 Å². The number of carbonyl (C=O) groups excluding carboxylic acids is 1. The van der Waals surface area contributed by atoms with Crippen molar-refractivity contribution in [3.63, 3.8) is 0 Å². The van der Waals surface area contributed by atoms with E-state index in [9.17, 15) is 57.8 Å². The topological polar surface area (TPSA) is 283 Å². The summed E-state index contributed by atoms with van der Waals surface area (Å²) >= 11 is 0. The number of rotatable bonds is 10. The summed E-state index contributed by atoms with van der Waals surface area (Å²) in [5.41, 5.74) is -0.118. The number of anilines is 4. The number of phenolic OH excluding ortho intramolecular Hbond substituents is 2. The smallest absolute Gasteiger partial charge is 0.342 e. The van der Waals surface area contributed by atoms with Gasteiger partial charge in [0.2, 0.25) is 0 Å². The van der Waals surface area contributed by atoms with Crippen molar-refractivity contribution >= 4 is 90.6 Å². The molecule has 56 heavy (non-hydrogen) atoms. The minimum Gasteiger partial charge on any atom is -0.507 e. The SMILES string of the molecule is Cc1cc(Nc2c(S(=O)(=O)O)ccc3cccc(O)c23)ccc1S(=O)(=O)NC(=O)NS(=O)(=O)c1ccc(Nc2c(S(=O)(=O)O)ccc3cccc(O)c23)cc1C. The van der Waals surface area contributed by atoms with Crippen molar-refractivity contribution in [3.05, 3.63) is 108 Å². The number of nitrogens with one attached hydrogen (secondary N) is 4. The molecule has 0 aliphatic rings. The Balaban J connectivity index is 1.22. The fraction of sp³-hybridized carbons (Fsp3) is 0.0571. The van der Waals surface area contributed by atoms with Crippen LogP contribution in [-0.2, 0) is 40.3 Å². The number of carbonyl (C=O) groups is 1. The van der Waals surface area contributed by atoms with Gasteiger partial charge in [-0.3, -0.25) is 9.11 Å². The third-order valence-electron chi connectivity index (χ3n) is 8.45. The number of urea groups is 1. The van der Waals surface area contributed by atoms with Gasteiger partial charge in [0.25, 0.3) is 40.3 Å². The lowest BCUT2D eigenvalue weighted by molar-refractivity contribution is 0.250. The third-order valence-corrected chi connectivity index (χ3v) is 13.2. The average molecular weight is 843 g/mol. The number of sulfonamides is 2. The van der Waals surface area contributed by atoms with E-state index in [1.54, 1.807) is 21.6 Å². The lowest BCUT2D eigenvalue weighted by Gasteiger charge is -2.17. The Labute approximate surface area is 320 Å². The van der Waals surface area contributed by atoms with Crippen LogP contribution in [0.5, 0.6) is 11.5 Å². The maximum Gasteiger partial charge on any atom is 0.342 e. The van der Waals surface area contributed by atoms with Crippen molar-refractivity contribution in [2.75, 3.05) is 10.6 Å². The third kappa shape index (κ3) is 7.89. The van der Waals surface area contributed by atoms with Crippen molar-refractivity contribution in [2.45, 2.75) is 33.4 Å². The summed E-state index contributed by atoms with van der Waals surface area (Å²) in [6, 6.07) is 19.2. The van der Waals surface area contributed by atoms with Crippen molar-refractivity contribution < 1.29 is 57.8 Å². The first kappa shape index (κ1) is 39.7. The Morgan fingerprint density at radius 2 is 0.857 bits per heavy atom. The lowest BCUT2D eigenvalue weighted by atomic mass is 10.1. The standard InChI is InChI=1S/C35H30N4O13S4/c1-19-17-23(36-33-29(55(47,48)49)13-9-21-5-3-7-25(40)31(21)33)11-15-27(19)53(43,44)38-35(42)39-54(45,46)28-16-12-24(18-20(28)2)37-34-30(56(50,51)52)14-10-22-6-4-8-26(41)32(22)34/h3-18,36-37,40-41H,1-2H3,(H2,38,39,42)(H,47,48,49)(H,50,51,52). The molecule has 0 aliphatic carbocycles. The molecule has 0 spiro atoms. The number of aryl methyl sites for hydroxylation is 2. The molecule has 0 bridgehead atoms. The van der Waals surface area contributed by atoms with E-state index in [1.807, 2.05) is 0 Å². The Morgan fingerprint density at radius 1 is 0.500 bits per heavy atom. The van der Waals surface area contributed by atoms with Gasteiger partial charge in [0.05, 0.1) is 21.2 Å². The molecule has 0 saturated heterocycles. The molecule has 0 saturated carbocycles. The van der Waals surface area contributed by atoms with Crippen molar-refractivity contribution in [1.82, 2.24) is 9.44 Å². The summed E-state index contributed by atoms with van der Waals surface area (Å²) in [7, 11) is -19.0. The fourth-order valence-electron chi connectivity index (χ4n) is 6.08. The van der Waals surface area contributed by atoms with E-state index >= 15 is 0 Å². The number of phenols is 2. The van der Waals surface area contributed by atoms with E-state index in [-0.39, 0.29) is 56.1 Å². The quantitative estimate of drug-likeness (QED) is 0.0804. The number of hydrogen-bond acceptors (Lipinski definition) is 13. The first-order chi connectivity index (χ1) is 26.1. The highest BCUT2D eigenvalue weighted by Crippen LogP contribution is 2.40. The van der Waals surface area contributed by atoms with Crippen LogP contribution in [0, 0.1) is 13.8 Å². The molecular weight excluding hydrogens is 813 g/mol. The van der Waals surface area contributed by atoms with Crippen LogP contribution in [0.3, 0.4) is 0 Å². The van der Waals surface area contributed by atoms with E-state index < -0.39 is 65.9 Å². The van der Waals surface area contributed by atoms with Gasteiger partial charge in [-0.05, 0) is 96.4 Å². The van der Waals surface area contributed by atoms with E-state index in [4.69, 9.17) is 0 Å². The predicted octanol–water partition coefficient (Wildman–Crippen LogP) is 5.38. The van der Waals surface area contributed by atoms with Gasteiger partial charge in [-0.2, -0.15) is 16.8 Å². The van der Waals surface area contributed by atoms with Gasteiger partial charge in [-0.15, -0.1) is 0 Å². The summed E-state index contributed by atoms with van der Waals surface area (Å²) < 4.78 is 125. The summed E-state index contributed by atoms with van der Waals surface area (Å²) in [5, 5.41) is 27.5. The van der Waals surface area contributed by atoms with E-state index in [2.05, 4.69) is 10.6 Å². The molecule has 8 N–H and O–H groups in total. The molecule has 0 heterocycles.